The number of carbonyl (C=O) groups excluding carboxylic acids is 1. The molecule has 1 aromatic rings. The van der Waals surface area contributed by atoms with Gasteiger partial charge in [0.25, 0.3) is 5.91 Å². The zero-order valence-electron chi connectivity index (χ0n) is 14.8. The van der Waals surface area contributed by atoms with Crippen molar-refractivity contribution >= 4 is 17.5 Å². The average Bonchev–Trinajstić information content (AvgIpc) is 2.57. The van der Waals surface area contributed by atoms with Gasteiger partial charge in [0.05, 0.1) is 10.6 Å². The van der Waals surface area contributed by atoms with Crippen molar-refractivity contribution in [3.63, 3.8) is 0 Å². The summed E-state index contributed by atoms with van der Waals surface area (Å²) in [5.41, 5.74) is 1.72. The third kappa shape index (κ3) is 4.29. The number of likely N-dealkylation sites (N-methyl/N-ethyl adjacent to an activating group) is 1. The molecule has 2 heterocycles. The van der Waals surface area contributed by atoms with E-state index in [1.165, 1.54) is 32.7 Å². The molecule has 0 aliphatic carbocycles. The highest BCUT2D eigenvalue weighted by Crippen LogP contribution is 2.24. The molecule has 0 saturated carbocycles. The van der Waals surface area contributed by atoms with Gasteiger partial charge in [0, 0.05) is 45.8 Å². The third-order valence-electron chi connectivity index (χ3n) is 5.37. The lowest BCUT2D eigenvalue weighted by atomic mass is 9.95. The molecule has 2 fully saturated rings. The van der Waals surface area contributed by atoms with E-state index in [-0.39, 0.29) is 5.91 Å². The van der Waals surface area contributed by atoms with Gasteiger partial charge in [-0.1, -0.05) is 17.7 Å². The molecule has 2 saturated heterocycles. The van der Waals surface area contributed by atoms with Crippen molar-refractivity contribution in [2.24, 2.45) is 5.92 Å². The maximum Gasteiger partial charge on any atom is 0.255 e. The molecule has 4 nitrogen and oxygen atoms in total. The summed E-state index contributed by atoms with van der Waals surface area (Å²) in [7, 11) is 2.19. The predicted octanol–water partition coefficient (Wildman–Crippen LogP) is 2.75. The number of hydrogen-bond acceptors (Lipinski definition) is 3. The maximum atomic E-state index is 12.7. The van der Waals surface area contributed by atoms with Crippen LogP contribution in [0.2, 0.25) is 5.02 Å². The number of benzene rings is 1. The second-order valence-electron chi connectivity index (χ2n) is 7.32. The van der Waals surface area contributed by atoms with Crippen molar-refractivity contribution in [2.75, 3.05) is 52.9 Å². The lowest BCUT2D eigenvalue weighted by molar-refractivity contribution is 0.0644. The SMILES string of the molecule is Cc1ccc(C(=O)N2CCC(CN3CCN(C)CC3)CC2)c(Cl)c1. The normalized spacial score (nSPS) is 21.2. The number of amides is 1. The number of piperazine rings is 1. The molecule has 0 radical (unpaired) electrons. The fourth-order valence-electron chi connectivity index (χ4n) is 3.68. The fraction of sp³-hybridized carbons (Fsp3) is 0.632. The van der Waals surface area contributed by atoms with E-state index in [4.69, 9.17) is 11.6 Å². The molecule has 3 rings (SSSR count). The number of carbonyl (C=O) groups is 1. The molecule has 0 bridgehead atoms. The Morgan fingerprint density at radius 2 is 1.79 bits per heavy atom. The van der Waals surface area contributed by atoms with Crippen LogP contribution in [0, 0.1) is 12.8 Å². The Morgan fingerprint density at radius 3 is 2.42 bits per heavy atom. The Morgan fingerprint density at radius 1 is 1.12 bits per heavy atom. The molecule has 0 N–H and O–H groups in total. The number of aryl methyl sites for hydroxylation is 1. The maximum absolute atomic E-state index is 12.7. The summed E-state index contributed by atoms with van der Waals surface area (Å²) >= 11 is 6.25. The van der Waals surface area contributed by atoms with E-state index >= 15 is 0 Å². The van der Waals surface area contributed by atoms with Crippen molar-refractivity contribution in [3.05, 3.63) is 34.3 Å². The minimum absolute atomic E-state index is 0.0815. The fourth-order valence-corrected chi connectivity index (χ4v) is 3.99. The van der Waals surface area contributed by atoms with E-state index in [1.54, 1.807) is 0 Å². The van der Waals surface area contributed by atoms with Gasteiger partial charge < -0.3 is 14.7 Å². The first kappa shape index (κ1) is 17.7. The first-order valence-corrected chi connectivity index (χ1v) is 9.37. The van der Waals surface area contributed by atoms with Gasteiger partial charge >= 0.3 is 0 Å². The number of nitrogens with zero attached hydrogens (tertiary/aromatic N) is 3. The smallest absolute Gasteiger partial charge is 0.255 e. The minimum atomic E-state index is 0.0815. The first-order valence-electron chi connectivity index (χ1n) is 8.99. The molecule has 0 spiro atoms. The second kappa shape index (κ2) is 7.85. The highest BCUT2D eigenvalue weighted by Gasteiger charge is 2.26. The van der Waals surface area contributed by atoms with Crippen LogP contribution in [0.25, 0.3) is 0 Å². The van der Waals surface area contributed by atoms with E-state index in [0.29, 0.717) is 16.5 Å². The second-order valence-corrected chi connectivity index (χ2v) is 7.73. The van der Waals surface area contributed by atoms with E-state index in [0.717, 1.165) is 31.5 Å². The van der Waals surface area contributed by atoms with E-state index in [1.807, 2.05) is 30.0 Å². The van der Waals surface area contributed by atoms with Gasteiger partial charge in [0.2, 0.25) is 0 Å². The molecule has 1 aromatic carbocycles. The van der Waals surface area contributed by atoms with Gasteiger partial charge in [0.1, 0.15) is 0 Å². The van der Waals surface area contributed by atoms with Gasteiger partial charge in [0.15, 0.2) is 0 Å². The Kier molecular flexibility index (Phi) is 5.80. The Bertz CT molecular complexity index is 576. The minimum Gasteiger partial charge on any atom is -0.339 e. The lowest BCUT2D eigenvalue weighted by Crippen LogP contribution is -2.48. The Labute approximate surface area is 150 Å². The number of hydrogen-bond donors (Lipinski definition) is 0. The molecule has 0 aromatic heterocycles. The van der Waals surface area contributed by atoms with Crippen molar-refractivity contribution in [1.29, 1.82) is 0 Å². The van der Waals surface area contributed by atoms with Crippen LogP contribution in [-0.2, 0) is 0 Å². The molecule has 24 heavy (non-hydrogen) atoms. The number of rotatable bonds is 3. The zero-order valence-corrected chi connectivity index (χ0v) is 15.6. The quantitative estimate of drug-likeness (QED) is 0.839. The van der Waals surface area contributed by atoms with Gasteiger partial charge in [-0.15, -0.1) is 0 Å². The molecule has 5 heteroatoms. The third-order valence-corrected chi connectivity index (χ3v) is 5.68. The largest absolute Gasteiger partial charge is 0.339 e. The molecule has 132 valence electrons. The van der Waals surface area contributed by atoms with Crippen LogP contribution in [0.4, 0.5) is 0 Å². The first-order chi connectivity index (χ1) is 11.5. The van der Waals surface area contributed by atoms with Gasteiger partial charge in [-0.2, -0.15) is 0 Å². The van der Waals surface area contributed by atoms with Gasteiger partial charge in [-0.3, -0.25) is 4.79 Å². The highest BCUT2D eigenvalue weighted by atomic mass is 35.5. The van der Waals surface area contributed by atoms with E-state index in [9.17, 15) is 4.79 Å². The summed E-state index contributed by atoms with van der Waals surface area (Å²) in [5.74, 6) is 0.795. The lowest BCUT2D eigenvalue weighted by Gasteiger charge is -2.38. The summed E-state index contributed by atoms with van der Waals surface area (Å²) in [5, 5.41) is 0.569. The van der Waals surface area contributed by atoms with E-state index < -0.39 is 0 Å². The van der Waals surface area contributed by atoms with Crippen LogP contribution in [0.15, 0.2) is 18.2 Å². The molecule has 0 unspecified atom stereocenters. The number of piperidine rings is 1. The van der Waals surface area contributed by atoms with Crippen LogP contribution >= 0.6 is 11.6 Å². The van der Waals surface area contributed by atoms with E-state index in [2.05, 4.69) is 16.8 Å². The molecular weight excluding hydrogens is 322 g/mol. The predicted molar refractivity (Wildman–Crippen MR) is 98.8 cm³/mol. The average molecular weight is 350 g/mol. The van der Waals surface area contributed by atoms with Gasteiger partial charge in [-0.05, 0) is 50.4 Å². The summed E-state index contributed by atoms with van der Waals surface area (Å²) in [6.45, 7) is 9.56. The summed E-state index contributed by atoms with van der Waals surface area (Å²) in [4.78, 5) is 19.6. The molecule has 2 aliphatic heterocycles. The number of halogens is 1. The van der Waals surface area contributed by atoms with Crippen molar-refractivity contribution in [2.45, 2.75) is 19.8 Å². The Balaban J connectivity index is 1.50. The van der Waals surface area contributed by atoms with Gasteiger partial charge in [-0.25, -0.2) is 0 Å². The Hall–Kier alpha value is -1.10. The molecule has 2 aliphatic rings. The summed E-state index contributed by atoms with van der Waals surface area (Å²) < 4.78 is 0. The summed E-state index contributed by atoms with van der Waals surface area (Å²) in [6.07, 6.45) is 2.20. The number of likely N-dealkylation sites (tertiary alicyclic amines) is 1. The van der Waals surface area contributed by atoms with Crippen LogP contribution in [0.5, 0.6) is 0 Å². The molecule has 0 atom stereocenters. The van der Waals surface area contributed by atoms with Crippen LogP contribution in [0.3, 0.4) is 0 Å². The highest BCUT2D eigenvalue weighted by molar-refractivity contribution is 6.33. The topological polar surface area (TPSA) is 26.8 Å². The molecule has 1 amide bonds. The van der Waals surface area contributed by atoms with Crippen LogP contribution in [0.1, 0.15) is 28.8 Å². The van der Waals surface area contributed by atoms with Crippen molar-refractivity contribution in [1.82, 2.24) is 14.7 Å². The standard InChI is InChI=1S/C19H28ClN3O/c1-15-3-4-17(18(20)13-15)19(24)23-7-5-16(6-8-23)14-22-11-9-21(2)10-12-22/h3-4,13,16H,5-12,14H2,1-2H3. The summed E-state index contributed by atoms with van der Waals surface area (Å²) in [6, 6.07) is 5.68. The van der Waals surface area contributed by atoms with Crippen molar-refractivity contribution < 1.29 is 4.79 Å². The van der Waals surface area contributed by atoms with Crippen molar-refractivity contribution in [3.8, 4) is 0 Å². The monoisotopic (exact) mass is 349 g/mol. The van der Waals surface area contributed by atoms with Crippen LogP contribution < -0.4 is 0 Å². The zero-order chi connectivity index (χ0) is 17.1. The molecular formula is C19H28ClN3O. The van der Waals surface area contributed by atoms with Crippen LogP contribution in [-0.4, -0.2) is 73.5 Å².